The molecule has 322 valence electrons. The molecule has 8 aromatic rings. The summed E-state index contributed by atoms with van der Waals surface area (Å²) in [5.41, 5.74) is 12.3. The first-order valence-corrected chi connectivity index (χ1v) is 23.0. The summed E-state index contributed by atoms with van der Waals surface area (Å²) in [6.45, 7) is 22.7. The molecule has 0 spiro atoms. The largest absolute Gasteiger partial charge is 0.317 e. The van der Waals surface area contributed by atoms with Gasteiger partial charge in [-0.05, 0) is 147 Å². The molecule has 6 aromatic carbocycles. The highest BCUT2D eigenvalue weighted by Gasteiger charge is 2.51. The molecular weight excluding hydrogens is 793 g/mol. The molecule has 4 heterocycles. The molecule has 0 atom stereocenters. The van der Waals surface area contributed by atoms with Crippen molar-refractivity contribution < 1.29 is 0 Å². The second-order valence-electron chi connectivity index (χ2n) is 20.7. The highest BCUT2D eigenvalue weighted by atomic mass is 15.4. The normalized spacial score (nSPS) is 18.4. The van der Waals surface area contributed by atoms with Crippen LogP contribution in [-0.4, -0.2) is 43.8 Å². The van der Waals surface area contributed by atoms with Gasteiger partial charge in [0.05, 0.1) is 22.2 Å². The molecule has 0 bridgehead atoms. The van der Waals surface area contributed by atoms with Gasteiger partial charge in [0.2, 0.25) is 0 Å². The van der Waals surface area contributed by atoms with Crippen molar-refractivity contribution in [3.63, 3.8) is 0 Å². The second kappa shape index (κ2) is 14.0. The summed E-state index contributed by atoms with van der Waals surface area (Å²) in [7, 11) is 0. The molecule has 0 N–H and O–H groups in total. The summed E-state index contributed by atoms with van der Waals surface area (Å²) >= 11 is 0. The Kier molecular flexibility index (Phi) is 8.82. The number of nitrogens with zero attached hydrogens (tertiary/aromatic N) is 6. The number of anilines is 2. The van der Waals surface area contributed by atoms with Crippen molar-refractivity contribution in [3.8, 4) is 33.4 Å². The first kappa shape index (κ1) is 40.8. The van der Waals surface area contributed by atoms with E-state index in [2.05, 4.69) is 237 Å². The minimum Gasteiger partial charge on any atom is -0.317 e. The first-order valence-electron chi connectivity index (χ1n) is 23.0. The molecule has 0 fully saturated rings. The number of aliphatic imine (C=N–C) groups is 2. The number of pyridine rings is 2. The molecule has 0 amide bonds. The van der Waals surface area contributed by atoms with E-state index in [0.29, 0.717) is 0 Å². The van der Waals surface area contributed by atoms with Gasteiger partial charge in [-0.25, -0.2) is 0 Å². The number of fused-ring (bicyclic) bond motifs is 6. The molecule has 2 aromatic heterocycles. The van der Waals surface area contributed by atoms with Crippen molar-refractivity contribution >= 4 is 44.6 Å². The Morgan fingerprint density at radius 1 is 0.385 bits per heavy atom. The van der Waals surface area contributed by atoms with Gasteiger partial charge in [-0.1, -0.05) is 123 Å². The van der Waals surface area contributed by atoms with Crippen LogP contribution in [0.15, 0.2) is 168 Å². The fraction of sp³-hybridized carbons (Fsp3) is 0.254. The van der Waals surface area contributed by atoms with Crippen LogP contribution in [0.5, 0.6) is 0 Å². The number of rotatable bonds is 6. The molecule has 2 aliphatic heterocycles. The van der Waals surface area contributed by atoms with Gasteiger partial charge in [-0.15, -0.1) is 0 Å². The molecule has 0 unspecified atom stereocenters. The molecule has 6 heteroatoms. The van der Waals surface area contributed by atoms with Gasteiger partial charge < -0.3 is 9.80 Å². The summed E-state index contributed by atoms with van der Waals surface area (Å²) in [6.07, 6.45) is 4.14. The van der Waals surface area contributed by atoms with E-state index in [1.54, 1.807) is 0 Å². The standard InChI is InChI=1S/C59H56N6/c1-55(2)45-28-20-19-27-43(45)51-46(55)32-31-44-49(37-29-33-47(60-35-37)53-62-56(3,4)58(7,8)64(53)39-21-13-11-14-22-39)41-25-17-18-26-42(41)50(52(44)51)38-30-34-48(61-36-38)54-63-57(5,6)59(9,10)65(54)40-23-15-12-16-24-40/h11-36H,1-10H3. The lowest BCUT2D eigenvalue weighted by molar-refractivity contribution is 0.338. The number of amidine groups is 2. The molecular formula is C59H56N6. The van der Waals surface area contributed by atoms with Crippen molar-refractivity contribution in [2.75, 3.05) is 9.80 Å². The Labute approximate surface area is 383 Å². The third-order valence-electron chi connectivity index (χ3n) is 15.6. The van der Waals surface area contributed by atoms with Crippen LogP contribution in [0.3, 0.4) is 0 Å². The summed E-state index contributed by atoms with van der Waals surface area (Å²) in [5.74, 6) is 1.77. The summed E-state index contributed by atoms with van der Waals surface area (Å²) in [4.78, 5) is 26.0. The quantitative estimate of drug-likeness (QED) is 0.156. The maximum Gasteiger partial charge on any atom is 0.155 e. The fourth-order valence-electron chi connectivity index (χ4n) is 10.8. The SMILES string of the molecule is CC1(C)c2ccccc2-c2c1ccc1c(-c3ccc(C4=NC(C)(C)C(C)(C)N4c4ccccc4)nc3)c3ccccc3c(-c3ccc(C4=NC(C)(C)C(C)(C)N4c4ccccc4)nc3)c21. The van der Waals surface area contributed by atoms with E-state index >= 15 is 0 Å². The maximum atomic E-state index is 5.37. The van der Waals surface area contributed by atoms with Gasteiger partial charge in [-0.2, -0.15) is 0 Å². The molecule has 1 aliphatic carbocycles. The second-order valence-corrected chi connectivity index (χ2v) is 20.7. The molecule has 6 nitrogen and oxygen atoms in total. The van der Waals surface area contributed by atoms with Crippen LogP contribution in [0, 0.1) is 0 Å². The number of hydrogen-bond donors (Lipinski definition) is 0. The van der Waals surface area contributed by atoms with E-state index in [4.69, 9.17) is 20.0 Å². The minimum absolute atomic E-state index is 0.177. The number of aromatic nitrogens is 2. The lowest BCUT2D eigenvalue weighted by Crippen LogP contribution is -2.53. The highest BCUT2D eigenvalue weighted by Crippen LogP contribution is 2.56. The Balaban J connectivity index is 1.12. The summed E-state index contributed by atoms with van der Waals surface area (Å²) < 4.78 is 0. The van der Waals surface area contributed by atoms with E-state index < -0.39 is 0 Å². The van der Waals surface area contributed by atoms with Crippen LogP contribution in [0.1, 0.15) is 91.8 Å². The van der Waals surface area contributed by atoms with E-state index in [1.165, 1.54) is 54.9 Å². The molecule has 65 heavy (non-hydrogen) atoms. The van der Waals surface area contributed by atoms with Crippen LogP contribution < -0.4 is 9.80 Å². The van der Waals surface area contributed by atoms with Crippen molar-refractivity contribution in [1.82, 2.24) is 9.97 Å². The predicted molar refractivity (Wildman–Crippen MR) is 273 cm³/mol. The molecule has 0 radical (unpaired) electrons. The number of hydrogen-bond acceptors (Lipinski definition) is 6. The average molecular weight is 849 g/mol. The third-order valence-corrected chi connectivity index (χ3v) is 15.6. The van der Waals surface area contributed by atoms with Crippen molar-refractivity contribution in [3.05, 3.63) is 181 Å². The van der Waals surface area contributed by atoms with Crippen LogP contribution in [-0.2, 0) is 5.41 Å². The van der Waals surface area contributed by atoms with Crippen LogP contribution in [0.4, 0.5) is 11.4 Å². The smallest absolute Gasteiger partial charge is 0.155 e. The average Bonchev–Trinajstić information content (AvgIpc) is 3.75. The Hall–Kier alpha value is -6.92. The molecule has 0 saturated carbocycles. The lowest BCUT2D eigenvalue weighted by Gasteiger charge is -2.41. The molecule has 0 saturated heterocycles. The van der Waals surface area contributed by atoms with E-state index in [-0.39, 0.29) is 27.6 Å². The van der Waals surface area contributed by atoms with Gasteiger partial charge in [0.1, 0.15) is 11.4 Å². The lowest BCUT2D eigenvalue weighted by atomic mass is 9.80. The zero-order valence-corrected chi connectivity index (χ0v) is 39.2. The maximum absolute atomic E-state index is 5.37. The van der Waals surface area contributed by atoms with Crippen LogP contribution >= 0.6 is 0 Å². The Bertz CT molecular complexity index is 3270. The van der Waals surface area contributed by atoms with Gasteiger partial charge in [0.15, 0.2) is 11.7 Å². The minimum atomic E-state index is -0.340. The van der Waals surface area contributed by atoms with Crippen molar-refractivity contribution in [2.45, 2.75) is 96.8 Å². The zero-order chi connectivity index (χ0) is 45.3. The highest BCUT2D eigenvalue weighted by molar-refractivity contribution is 6.26. The fourth-order valence-corrected chi connectivity index (χ4v) is 10.8. The summed E-state index contributed by atoms with van der Waals surface area (Å²) in [6, 6.07) is 52.6. The van der Waals surface area contributed by atoms with Gasteiger partial charge in [-0.3, -0.25) is 20.0 Å². The summed E-state index contributed by atoms with van der Waals surface area (Å²) in [5, 5.41) is 4.77. The van der Waals surface area contributed by atoms with E-state index in [9.17, 15) is 0 Å². The predicted octanol–water partition coefficient (Wildman–Crippen LogP) is 14.1. The van der Waals surface area contributed by atoms with Crippen LogP contribution in [0.2, 0.25) is 0 Å². The van der Waals surface area contributed by atoms with E-state index in [0.717, 1.165) is 45.6 Å². The van der Waals surface area contributed by atoms with Crippen molar-refractivity contribution in [2.24, 2.45) is 9.98 Å². The Morgan fingerprint density at radius 2 is 0.846 bits per heavy atom. The van der Waals surface area contributed by atoms with Gasteiger partial charge in [0, 0.05) is 40.3 Å². The van der Waals surface area contributed by atoms with Gasteiger partial charge >= 0.3 is 0 Å². The van der Waals surface area contributed by atoms with E-state index in [1.807, 2.05) is 0 Å². The monoisotopic (exact) mass is 848 g/mol. The number of benzene rings is 6. The first-order chi connectivity index (χ1) is 31.0. The topological polar surface area (TPSA) is 57.0 Å². The number of para-hydroxylation sites is 2. The zero-order valence-electron chi connectivity index (χ0n) is 39.2. The van der Waals surface area contributed by atoms with Crippen LogP contribution in [0.25, 0.3) is 54.9 Å². The third kappa shape index (κ3) is 5.85. The Morgan fingerprint density at radius 3 is 1.35 bits per heavy atom. The van der Waals surface area contributed by atoms with Crippen molar-refractivity contribution in [1.29, 1.82) is 0 Å². The molecule has 11 rings (SSSR count). The molecule has 3 aliphatic rings. The van der Waals surface area contributed by atoms with Gasteiger partial charge in [0.25, 0.3) is 0 Å².